The van der Waals surface area contributed by atoms with Crippen molar-refractivity contribution in [1.82, 2.24) is 10.2 Å². The van der Waals surface area contributed by atoms with Crippen molar-refractivity contribution >= 4 is 39.1 Å². The summed E-state index contributed by atoms with van der Waals surface area (Å²) in [6.07, 6.45) is 1.02. The summed E-state index contributed by atoms with van der Waals surface area (Å²) in [7, 11) is -3.82. The van der Waals surface area contributed by atoms with Gasteiger partial charge in [0.1, 0.15) is 12.6 Å². The average molecular weight is 494 g/mol. The molecule has 2 amide bonds. The quantitative estimate of drug-likeness (QED) is 0.547. The standard InChI is InChI=1S/C24H32ClN3O4S/c1-17(2)14-26-24(30)19(4)27(15-20-10-8-9-18(3)13-20)23(29)16-28(33(5,31)32)22-12-7-6-11-21(22)25/h6-13,17,19H,14-16H2,1-5H3,(H,26,30)/t19-/m0/s1. The van der Waals surface area contributed by atoms with Gasteiger partial charge < -0.3 is 10.2 Å². The smallest absolute Gasteiger partial charge is 0.244 e. The van der Waals surface area contributed by atoms with E-state index in [-0.39, 0.29) is 29.1 Å². The molecule has 2 rings (SSSR count). The minimum absolute atomic E-state index is 0.164. The molecule has 9 heteroatoms. The minimum Gasteiger partial charge on any atom is -0.354 e. The molecule has 7 nitrogen and oxygen atoms in total. The fraction of sp³-hybridized carbons (Fsp3) is 0.417. The number of rotatable bonds is 10. The number of para-hydroxylation sites is 1. The molecule has 0 radical (unpaired) electrons. The van der Waals surface area contributed by atoms with Crippen LogP contribution in [0.4, 0.5) is 5.69 Å². The highest BCUT2D eigenvalue weighted by Crippen LogP contribution is 2.27. The van der Waals surface area contributed by atoms with E-state index in [0.717, 1.165) is 21.7 Å². The lowest BCUT2D eigenvalue weighted by molar-refractivity contribution is -0.139. The van der Waals surface area contributed by atoms with Crippen LogP contribution in [0.15, 0.2) is 48.5 Å². The summed E-state index contributed by atoms with van der Waals surface area (Å²) in [5.41, 5.74) is 2.07. The van der Waals surface area contributed by atoms with E-state index in [1.807, 2.05) is 45.0 Å². The zero-order valence-electron chi connectivity index (χ0n) is 19.7. The van der Waals surface area contributed by atoms with Gasteiger partial charge in [-0.15, -0.1) is 0 Å². The summed E-state index contributed by atoms with van der Waals surface area (Å²) in [5, 5.41) is 3.06. The van der Waals surface area contributed by atoms with Crippen molar-refractivity contribution in [2.45, 2.75) is 40.3 Å². The second kappa shape index (κ2) is 11.5. The third-order valence-corrected chi connectivity index (χ3v) is 6.53. The first-order valence-electron chi connectivity index (χ1n) is 10.7. The van der Waals surface area contributed by atoms with Crippen LogP contribution in [-0.2, 0) is 26.2 Å². The molecule has 0 aliphatic carbocycles. The third-order valence-electron chi connectivity index (χ3n) is 5.09. The molecule has 0 bridgehead atoms. The van der Waals surface area contributed by atoms with E-state index in [1.54, 1.807) is 31.2 Å². The minimum atomic E-state index is -3.82. The maximum atomic E-state index is 13.5. The molecule has 180 valence electrons. The number of aryl methyl sites for hydroxylation is 1. The van der Waals surface area contributed by atoms with Crippen molar-refractivity contribution in [2.75, 3.05) is 23.7 Å². The van der Waals surface area contributed by atoms with Crippen LogP contribution in [0.5, 0.6) is 0 Å². The van der Waals surface area contributed by atoms with E-state index in [1.165, 1.54) is 4.90 Å². The van der Waals surface area contributed by atoms with Crippen molar-refractivity contribution in [3.05, 3.63) is 64.7 Å². The summed E-state index contributed by atoms with van der Waals surface area (Å²) in [4.78, 5) is 27.7. The first kappa shape index (κ1) is 26.7. The summed E-state index contributed by atoms with van der Waals surface area (Å²) in [6, 6.07) is 13.3. The molecule has 0 saturated carbocycles. The highest BCUT2D eigenvalue weighted by atomic mass is 35.5. The number of carbonyl (C=O) groups excluding carboxylic acids is 2. The second-order valence-corrected chi connectivity index (χ2v) is 10.9. The largest absolute Gasteiger partial charge is 0.354 e. The van der Waals surface area contributed by atoms with Crippen molar-refractivity contribution < 1.29 is 18.0 Å². The highest BCUT2D eigenvalue weighted by Gasteiger charge is 2.30. The maximum Gasteiger partial charge on any atom is 0.244 e. The Kier molecular flexibility index (Phi) is 9.31. The fourth-order valence-corrected chi connectivity index (χ4v) is 4.44. The SMILES string of the molecule is Cc1cccc(CN(C(=O)CN(c2ccccc2Cl)S(C)(=O)=O)[C@@H](C)C(=O)NCC(C)C)c1. The van der Waals surface area contributed by atoms with Crippen LogP contribution in [0.25, 0.3) is 0 Å². The molecular weight excluding hydrogens is 462 g/mol. The monoisotopic (exact) mass is 493 g/mol. The van der Waals surface area contributed by atoms with Crippen molar-refractivity contribution in [2.24, 2.45) is 5.92 Å². The lowest BCUT2D eigenvalue weighted by atomic mass is 10.1. The number of benzene rings is 2. The predicted octanol–water partition coefficient (Wildman–Crippen LogP) is 3.60. The molecule has 0 aliphatic rings. The van der Waals surface area contributed by atoms with Crippen LogP contribution in [0.3, 0.4) is 0 Å². The topological polar surface area (TPSA) is 86.8 Å². The van der Waals surface area contributed by atoms with Gasteiger partial charge >= 0.3 is 0 Å². The first-order chi connectivity index (χ1) is 15.4. The number of amides is 2. The Balaban J connectivity index is 2.38. The Labute approximate surface area is 201 Å². The average Bonchev–Trinajstić information content (AvgIpc) is 2.73. The van der Waals surface area contributed by atoms with Crippen molar-refractivity contribution in [1.29, 1.82) is 0 Å². The number of anilines is 1. The molecule has 33 heavy (non-hydrogen) atoms. The Bertz CT molecular complexity index is 1090. The maximum absolute atomic E-state index is 13.5. The Morgan fingerprint density at radius 2 is 1.73 bits per heavy atom. The number of nitrogens with one attached hydrogen (secondary N) is 1. The molecular formula is C24H32ClN3O4S. The molecule has 0 aromatic heterocycles. The zero-order valence-corrected chi connectivity index (χ0v) is 21.3. The van der Waals surface area contributed by atoms with E-state index < -0.39 is 28.5 Å². The van der Waals surface area contributed by atoms with E-state index >= 15 is 0 Å². The highest BCUT2D eigenvalue weighted by molar-refractivity contribution is 7.92. The number of carbonyl (C=O) groups is 2. The summed E-state index contributed by atoms with van der Waals surface area (Å²) >= 11 is 6.22. The number of hydrogen-bond donors (Lipinski definition) is 1. The van der Waals surface area contributed by atoms with Crippen molar-refractivity contribution in [3.8, 4) is 0 Å². The third kappa shape index (κ3) is 7.75. The molecule has 1 atom stereocenters. The zero-order chi connectivity index (χ0) is 24.8. The van der Waals surface area contributed by atoms with Gasteiger partial charge in [0, 0.05) is 13.1 Å². The lowest BCUT2D eigenvalue weighted by Gasteiger charge is -2.32. The number of halogens is 1. The molecule has 0 fully saturated rings. The van der Waals surface area contributed by atoms with Gasteiger partial charge in [-0.2, -0.15) is 0 Å². The predicted molar refractivity (Wildman–Crippen MR) is 133 cm³/mol. The molecule has 2 aromatic carbocycles. The molecule has 0 unspecified atom stereocenters. The normalized spacial score (nSPS) is 12.3. The van der Waals surface area contributed by atoms with Gasteiger partial charge in [-0.1, -0.05) is 67.4 Å². The number of sulfonamides is 1. The van der Waals surface area contributed by atoms with Gasteiger partial charge in [0.05, 0.1) is 17.0 Å². The summed E-state index contributed by atoms with van der Waals surface area (Å²) < 4.78 is 26.1. The van der Waals surface area contributed by atoms with E-state index in [2.05, 4.69) is 5.32 Å². The summed E-state index contributed by atoms with van der Waals surface area (Å²) in [6.45, 7) is 7.71. The molecule has 0 aliphatic heterocycles. The summed E-state index contributed by atoms with van der Waals surface area (Å²) in [5.74, 6) is -0.551. The van der Waals surface area contributed by atoms with Gasteiger partial charge in [-0.3, -0.25) is 13.9 Å². The van der Waals surface area contributed by atoms with Crippen LogP contribution in [0.2, 0.25) is 5.02 Å². The van der Waals surface area contributed by atoms with Gasteiger partial charge in [0.2, 0.25) is 21.8 Å². The van der Waals surface area contributed by atoms with Gasteiger partial charge in [0.15, 0.2) is 0 Å². The first-order valence-corrected chi connectivity index (χ1v) is 13.0. The van der Waals surface area contributed by atoms with Crippen LogP contribution < -0.4 is 9.62 Å². The van der Waals surface area contributed by atoms with E-state index in [4.69, 9.17) is 11.6 Å². The van der Waals surface area contributed by atoms with Crippen molar-refractivity contribution in [3.63, 3.8) is 0 Å². The Hall–Kier alpha value is -2.58. The van der Waals surface area contributed by atoms with E-state index in [0.29, 0.717) is 6.54 Å². The Morgan fingerprint density at radius 3 is 2.30 bits per heavy atom. The van der Waals surface area contributed by atoms with Crippen LogP contribution in [-0.4, -0.2) is 50.5 Å². The van der Waals surface area contributed by atoms with Crippen LogP contribution in [0.1, 0.15) is 31.9 Å². The van der Waals surface area contributed by atoms with Gasteiger partial charge in [-0.25, -0.2) is 8.42 Å². The van der Waals surface area contributed by atoms with Gasteiger partial charge in [0.25, 0.3) is 0 Å². The number of nitrogens with zero attached hydrogens (tertiary/aromatic N) is 2. The molecule has 0 heterocycles. The molecule has 2 aromatic rings. The molecule has 0 saturated heterocycles. The molecule has 0 spiro atoms. The van der Waals surface area contributed by atoms with E-state index in [9.17, 15) is 18.0 Å². The molecule has 1 N–H and O–H groups in total. The Morgan fingerprint density at radius 1 is 1.06 bits per heavy atom. The van der Waals surface area contributed by atoms with Crippen LogP contribution >= 0.6 is 11.6 Å². The second-order valence-electron chi connectivity index (χ2n) is 8.55. The number of hydrogen-bond acceptors (Lipinski definition) is 4. The fourth-order valence-electron chi connectivity index (χ4n) is 3.29. The van der Waals surface area contributed by atoms with Gasteiger partial charge in [-0.05, 0) is 37.5 Å². The lowest BCUT2D eigenvalue weighted by Crippen LogP contribution is -2.51. The van der Waals surface area contributed by atoms with Crippen LogP contribution in [0, 0.1) is 12.8 Å².